The largest absolute Gasteiger partial charge is 0.464 e. The second-order valence-electron chi connectivity index (χ2n) is 6.71. The SMILES string of the molecule is Cc1ccccc1-c1nnc(SC(C)c2nc3scc(-c4ccco4)c3c(=O)[nH]2)o1. The molecular formula is C21H16N4O3S2. The Hall–Kier alpha value is -3.17. The quantitative estimate of drug-likeness (QED) is 0.365. The summed E-state index contributed by atoms with van der Waals surface area (Å²) in [5.74, 6) is 1.68. The van der Waals surface area contributed by atoms with Gasteiger partial charge in [-0.05, 0) is 37.6 Å². The molecule has 0 bridgehead atoms. The smallest absolute Gasteiger partial charge is 0.277 e. The van der Waals surface area contributed by atoms with Gasteiger partial charge >= 0.3 is 0 Å². The van der Waals surface area contributed by atoms with Gasteiger partial charge in [-0.3, -0.25) is 4.79 Å². The molecule has 0 spiro atoms. The van der Waals surface area contributed by atoms with Crippen molar-refractivity contribution in [2.75, 3.05) is 0 Å². The van der Waals surface area contributed by atoms with Gasteiger partial charge in [0.05, 0.1) is 16.9 Å². The van der Waals surface area contributed by atoms with Crippen LogP contribution >= 0.6 is 23.1 Å². The van der Waals surface area contributed by atoms with Gasteiger partial charge in [0.2, 0.25) is 5.89 Å². The molecule has 4 heterocycles. The molecule has 0 amide bonds. The number of furan rings is 1. The number of thiophene rings is 1. The van der Waals surface area contributed by atoms with E-state index in [0.717, 1.165) is 16.7 Å². The van der Waals surface area contributed by atoms with Gasteiger partial charge in [0.25, 0.3) is 10.8 Å². The highest BCUT2D eigenvalue weighted by molar-refractivity contribution is 7.99. The maximum Gasteiger partial charge on any atom is 0.277 e. The Labute approximate surface area is 179 Å². The summed E-state index contributed by atoms with van der Waals surface area (Å²) in [4.78, 5) is 21.0. The van der Waals surface area contributed by atoms with Gasteiger partial charge in [-0.15, -0.1) is 21.5 Å². The zero-order chi connectivity index (χ0) is 20.7. The van der Waals surface area contributed by atoms with E-state index in [9.17, 15) is 4.79 Å². The minimum absolute atomic E-state index is 0.179. The Bertz CT molecular complexity index is 1390. The molecule has 1 atom stereocenters. The van der Waals surface area contributed by atoms with Gasteiger partial charge in [0.15, 0.2) is 0 Å². The minimum atomic E-state index is -0.193. The van der Waals surface area contributed by atoms with Crippen molar-refractivity contribution in [1.29, 1.82) is 0 Å². The number of aryl methyl sites for hydroxylation is 1. The molecule has 0 aliphatic heterocycles. The zero-order valence-corrected chi connectivity index (χ0v) is 17.7. The van der Waals surface area contributed by atoms with Gasteiger partial charge in [-0.2, -0.15) is 0 Å². The van der Waals surface area contributed by atoms with Crippen LogP contribution in [0.3, 0.4) is 0 Å². The molecule has 9 heteroatoms. The monoisotopic (exact) mass is 436 g/mol. The summed E-state index contributed by atoms with van der Waals surface area (Å²) in [6.07, 6.45) is 1.59. The van der Waals surface area contributed by atoms with E-state index in [0.29, 0.717) is 32.9 Å². The second kappa shape index (κ2) is 7.58. The third-order valence-electron chi connectivity index (χ3n) is 4.69. The van der Waals surface area contributed by atoms with Gasteiger partial charge in [0.1, 0.15) is 16.4 Å². The number of fused-ring (bicyclic) bond motifs is 1. The van der Waals surface area contributed by atoms with Crippen LogP contribution < -0.4 is 5.56 Å². The fourth-order valence-corrected chi connectivity index (χ4v) is 4.83. The standard InChI is InChI=1S/C21H16N4O3S2/c1-11-6-3-4-7-13(11)19-24-25-21(28-19)30-12(2)17-22-18(26)16-14(10-29-20(16)23-17)15-8-5-9-27-15/h3-10,12H,1-2H3,(H,22,23,26). The molecule has 1 unspecified atom stereocenters. The lowest BCUT2D eigenvalue weighted by Gasteiger charge is -2.07. The average Bonchev–Trinajstić information content (AvgIpc) is 3.48. The summed E-state index contributed by atoms with van der Waals surface area (Å²) in [7, 11) is 0. The van der Waals surface area contributed by atoms with Crippen molar-refractivity contribution in [3.8, 4) is 22.8 Å². The number of hydrogen-bond donors (Lipinski definition) is 1. The minimum Gasteiger partial charge on any atom is -0.464 e. The van der Waals surface area contributed by atoms with Crippen LogP contribution in [-0.4, -0.2) is 20.2 Å². The van der Waals surface area contributed by atoms with E-state index in [4.69, 9.17) is 8.83 Å². The highest BCUT2D eigenvalue weighted by Crippen LogP contribution is 2.36. The Morgan fingerprint density at radius 3 is 2.80 bits per heavy atom. The summed E-state index contributed by atoms with van der Waals surface area (Å²) in [6, 6.07) is 11.5. The summed E-state index contributed by atoms with van der Waals surface area (Å²) < 4.78 is 11.3. The number of rotatable bonds is 5. The van der Waals surface area contributed by atoms with Crippen molar-refractivity contribution in [2.45, 2.75) is 24.3 Å². The first-order valence-electron chi connectivity index (χ1n) is 9.21. The van der Waals surface area contributed by atoms with E-state index < -0.39 is 0 Å². The van der Waals surface area contributed by atoms with Crippen LogP contribution in [0.2, 0.25) is 0 Å². The number of aromatic amines is 1. The molecule has 0 fully saturated rings. The Balaban J connectivity index is 1.43. The van der Waals surface area contributed by atoms with Crippen molar-refractivity contribution >= 4 is 33.3 Å². The van der Waals surface area contributed by atoms with Crippen LogP contribution in [0.4, 0.5) is 0 Å². The first kappa shape index (κ1) is 18.8. The zero-order valence-electron chi connectivity index (χ0n) is 16.1. The third-order valence-corrected chi connectivity index (χ3v) is 6.51. The number of nitrogens with one attached hydrogen (secondary N) is 1. The van der Waals surface area contributed by atoms with Crippen LogP contribution in [0.25, 0.3) is 33.0 Å². The molecule has 0 saturated heterocycles. The van der Waals surface area contributed by atoms with Gasteiger partial charge in [-0.25, -0.2) is 4.98 Å². The Kier molecular flexibility index (Phi) is 4.76. The predicted molar refractivity (Wildman–Crippen MR) is 117 cm³/mol. The molecule has 5 aromatic rings. The Morgan fingerprint density at radius 2 is 2.00 bits per heavy atom. The van der Waals surface area contributed by atoms with Gasteiger partial charge in [0, 0.05) is 16.5 Å². The molecule has 0 aliphatic rings. The Morgan fingerprint density at radius 1 is 1.13 bits per heavy atom. The normalized spacial score (nSPS) is 12.5. The number of nitrogens with zero attached hydrogens (tertiary/aromatic N) is 3. The number of benzene rings is 1. The molecule has 1 N–H and O–H groups in total. The van der Waals surface area contributed by atoms with Crippen LogP contribution in [0, 0.1) is 6.92 Å². The number of aromatic nitrogens is 4. The molecule has 0 radical (unpaired) electrons. The summed E-state index contributed by atoms with van der Waals surface area (Å²) in [5.41, 5.74) is 2.52. The maximum atomic E-state index is 12.8. The van der Waals surface area contributed by atoms with Gasteiger partial charge in [-0.1, -0.05) is 30.0 Å². The summed E-state index contributed by atoms with van der Waals surface area (Å²) in [6.45, 7) is 3.93. The van der Waals surface area contributed by atoms with E-state index in [-0.39, 0.29) is 10.8 Å². The van der Waals surface area contributed by atoms with Crippen LogP contribution in [-0.2, 0) is 0 Å². The topological polar surface area (TPSA) is 97.8 Å². The molecule has 7 nitrogen and oxygen atoms in total. The first-order chi connectivity index (χ1) is 14.6. The highest BCUT2D eigenvalue weighted by Gasteiger charge is 2.20. The fourth-order valence-electron chi connectivity index (χ4n) is 3.16. The molecule has 0 aliphatic carbocycles. The van der Waals surface area contributed by atoms with Crippen molar-refractivity contribution in [1.82, 2.24) is 20.2 Å². The van der Waals surface area contributed by atoms with E-state index in [1.54, 1.807) is 12.3 Å². The lowest BCUT2D eigenvalue weighted by Crippen LogP contribution is -2.12. The molecule has 30 heavy (non-hydrogen) atoms. The number of thioether (sulfide) groups is 1. The van der Waals surface area contributed by atoms with E-state index in [2.05, 4.69) is 20.2 Å². The lowest BCUT2D eigenvalue weighted by molar-refractivity contribution is 0.464. The summed E-state index contributed by atoms with van der Waals surface area (Å²) >= 11 is 2.77. The van der Waals surface area contributed by atoms with Crippen molar-refractivity contribution < 1.29 is 8.83 Å². The molecule has 5 rings (SSSR count). The van der Waals surface area contributed by atoms with Crippen molar-refractivity contribution in [3.63, 3.8) is 0 Å². The van der Waals surface area contributed by atoms with Crippen LogP contribution in [0.15, 0.2) is 66.9 Å². The average molecular weight is 437 g/mol. The number of hydrogen-bond acceptors (Lipinski definition) is 8. The molecule has 1 aromatic carbocycles. The van der Waals surface area contributed by atoms with Crippen LogP contribution in [0.5, 0.6) is 0 Å². The van der Waals surface area contributed by atoms with E-state index >= 15 is 0 Å². The predicted octanol–water partition coefficient (Wildman–Crippen LogP) is 5.46. The molecule has 150 valence electrons. The first-order valence-corrected chi connectivity index (χ1v) is 11.0. The van der Waals surface area contributed by atoms with E-state index in [1.165, 1.54) is 23.1 Å². The van der Waals surface area contributed by atoms with Crippen molar-refractivity contribution in [2.24, 2.45) is 0 Å². The maximum absolute atomic E-state index is 12.8. The third kappa shape index (κ3) is 3.35. The highest BCUT2D eigenvalue weighted by atomic mass is 32.2. The second-order valence-corrected chi connectivity index (χ2v) is 8.86. The van der Waals surface area contributed by atoms with Crippen molar-refractivity contribution in [3.05, 3.63) is 69.8 Å². The molecule has 0 saturated carbocycles. The number of H-pyrrole nitrogens is 1. The van der Waals surface area contributed by atoms with E-state index in [1.807, 2.05) is 49.6 Å². The fraction of sp³-hybridized carbons (Fsp3) is 0.143. The molecular weight excluding hydrogens is 420 g/mol. The van der Waals surface area contributed by atoms with Gasteiger partial charge < -0.3 is 13.8 Å². The van der Waals surface area contributed by atoms with Crippen LogP contribution in [0.1, 0.15) is 23.6 Å². The summed E-state index contributed by atoms with van der Waals surface area (Å²) in [5, 5.41) is 11.0. The lowest BCUT2D eigenvalue weighted by atomic mass is 10.1. The molecule has 4 aromatic heterocycles.